The summed E-state index contributed by atoms with van der Waals surface area (Å²) in [6.45, 7) is 2.01. The fraction of sp³-hybridized carbons (Fsp3) is 0.273. The van der Waals surface area contributed by atoms with E-state index in [1.165, 1.54) is 6.34 Å². The molecule has 1 aromatic carbocycles. The second-order valence-corrected chi connectivity index (χ2v) is 3.39. The third-order valence-corrected chi connectivity index (χ3v) is 2.43. The molecule has 0 bridgehead atoms. The van der Waals surface area contributed by atoms with Crippen LogP contribution < -0.4 is 0 Å². The SMILES string of the molecule is CC[C@H]1C(c2ccccc2)=NN=CN1O. The lowest BCUT2D eigenvalue weighted by molar-refractivity contribution is -0.0288. The molecule has 0 saturated carbocycles. The summed E-state index contributed by atoms with van der Waals surface area (Å²) in [6, 6.07) is 9.68. The molecular weight excluding hydrogens is 190 g/mol. The second kappa shape index (κ2) is 4.23. The van der Waals surface area contributed by atoms with Crippen LogP contribution in [0.25, 0.3) is 0 Å². The van der Waals surface area contributed by atoms with E-state index in [1.807, 2.05) is 37.3 Å². The van der Waals surface area contributed by atoms with E-state index in [9.17, 15) is 5.21 Å². The Morgan fingerprint density at radius 1 is 1.33 bits per heavy atom. The number of hydrogen-bond acceptors (Lipinski definition) is 4. The molecule has 15 heavy (non-hydrogen) atoms. The van der Waals surface area contributed by atoms with Crippen molar-refractivity contribution in [1.82, 2.24) is 5.06 Å². The van der Waals surface area contributed by atoms with Gasteiger partial charge < -0.3 is 0 Å². The fourth-order valence-corrected chi connectivity index (χ4v) is 1.65. The molecule has 78 valence electrons. The van der Waals surface area contributed by atoms with Crippen LogP contribution in [0, 0.1) is 0 Å². The molecule has 0 spiro atoms. The van der Waals surface area contributed by atoms with Gasteiger partial charge in [0, 0.05) is 5.56 Å². The van der Waals surface area contributed by atoms with Gasteiger partial charge in [-0.1, -0.05) is 37.3 Å². The molecule has 0 fully saturated rings. The number of nitrogens with zero attached hydrogens (tertiary/aromatic N) is 3. The van der Waals surface area contributed by atoms with Crippen LogP contribution >= 0.6 is 0 Å². The van der Waals surface area contributed by atoms with Gasteiger partial charge in [0.1, 0.15) is 12.4 Å². The van der Waals surface area contributed by atoms with Gasteiger partial charge in [-0.25, -0.2) is 5.06 Å². The predicted octanol–water partition coefficient (Wildman–Crippen LogP) is 1.90. The Kier molecular flexibility index (Phi) is 2.78. The van der Waals surface area contributed by atoms with E-state index in [-0.39, 0.29) is 6.04 Å². The van der Waals surface area contributed by atoms with Gasteiger partial charge in [-0.2, -0.15) is 5.10 Å². The van der Waals surface area contributed by atoms with Crippen molar-refractivity contribution in [2.75, 3.05) is 0 Å². The highest BCUT2D eigenvalue weighted by atomic mass is 16.5. The van der Waals surface area contributed by atoms with Gasteiger partial charge >= 0.3 is 0 Å². The summed E-state index contributed by atoms with van der Waals surface area (Å²) >= 11 is 0. The molecule has 1 aliphatic rings. The number of hydrogen-bond donors (Lipinski definition) is 1. The highest BCUT2D eigenvalue weighted by Crippen LogP contribution is 2.14. The molecule has 0 aromatic heterocycles. The monoisotopic (exact) mass is 203 g/mol. The zero-order chi connectivity index (χ0) is 10.7. The van der Waals surface area contributed by atoms with Gasteiger partial charge in [-0.3, -0.25) is 5.21 Å². The third kappa shape index (κ3) is 1.89. The van der Waals surface area contributed by atoms with E-state index in [1.54, 1.807) is 0 Å². The molecule has 0 radical (unpaired) electrons. The normalized spacial score (nSPS) is 20.3. The van der Waals surface area contributed by atoms with Crippen LogP contribution in [0.2, 0.25) is 0 Å². The first-order valence-electron chi connectivity index (χ1n) is 4.96. The first-order valence-corrected chi connectivity index (χ1v) is 4.96. The molecule has 0 amide bonds. The molecule has 4 heteroatoms. The zero-order valence-electron chi connectivity index (χ0n) is 8.54. The van der Waals surface area contributed by atoms with Gasteiger partial charge in [0.15, 0.2) is 0 Å². The second-order valence-electron chi connectivity index (χ2n) is 3.39. The minimum Gasteiger partial charge on any atom is -0.287 e. The number of rotatable bonds is 2. The Morgan fingerprint density at radius 3 is 2.73 bits per heavy atom. The summed E-state index contributed by atoms with van der Waals surface area (Å²) in [4.78, 5) is 0. The lowest BCUT2D eigenvalue weighted by Gasteiger charge is -2.26. The minimum absolute atomic E-state index is 0.107. The first-order chi connectivity index (χ1) is 7.33. The van der Waals surface area contributed by atoms with Crippen molar-refractivity contribution >= 4 is 12.1 Å². The predicted molar refractivity (Wildman–Crippen MR) is 59.2 cm³/mol. The largest absolute Gasteiger partial charge is 0.287 e. The molecule has 1 aromatic rings. The fourth-order valence-electron chi connectivity index (χ4n) is 1.65. The Bertz CT molecular complexity index is 386. The zero-order valence-corrected chi connectivity index (χ0v) is 8.54. The topological polar surface area (TPSA) is 48.2 Å². The van der Waals surface area contributed by atoms with Crippen molar-refractivity contribution in [3.63, 3.8) is 0 Å². The highest BCUT2D eigenvalue weighted by molar-refractivity contribution is 6.05. The van der Waals surface area contributed by atoms with Crippen molar-refractivity contribution in [3.05, 3.63) is 35.9 Å². The van der Waals surface area contributed by atoms with Crippen molar-refractivity contribution in [2.45, 2.75) is 19.4 Å². The summed E-state index contributed by atoms with van der Waals surface area (Å²) in [5, 5.41) is 18.6. The van der Waals surface area contributed by atoms with Crippen LogP contribution in [0.15, 0.2) is 40.5 Å². The van der Waals surface area contributed by atoms with Gasteiger partial charge in [-0.15, -0.1) is 5.10 Å². The van der Waals surface area contributed by atoms with E-state index in [0.717, 1.165) is 22.8 Å². The molecule has 1 N–H and O–H groups in total. The van der Waals surface area contributed by atoms with E-state index in [2.05, 4.69) is 10.2 Å². The average Bonchev–Trinajstić information content (AvgIpc) is 2.30. The maximum absolute atomic E-state index is 9.60. The van der Waals surface area contributed by atoms with Crippen molar-refractivity contribution in [2.24, 2.45) is 10.2 Å². The Balaban J connectivity index is 2.35. The molecule has 1 aliphatic heterocycles. The van der Waals surface area contributed by atoms with Crippen LogP contribution in [0.1, 0.15) is 18.9 Å². The van der Waals surface area contributed by atoms with Gasteiger partial charge in [0.2, 0.25) is 0 Å². The van der Waals surface area contributed by atoms with Crippen LogP contribution in [-0.2, 0) is 0 Å². The Labute approximate surface area is 88.5 Å². The van der Waals surface area contributed by atoms with E-state index >= 15 is 0 Å². The van der Waals surface area contributed by atoms with Gasteiger partial charge in [0.25, 0.3) is 0 Å². The molecule has 1 atom stereocenters. The summed E-state index contributed by atoms with van der Waals surface area (Å²) < 4.78 is 0. The van der Waals surface area contributed by atoms with Crippen LogP contribution in [0.4, 0.5) is 0 Å². The minimum atomic E-state index is -0.107. The molecule has 1 heterocycles. The molecule has 0 saturated heterocycles. The maximum Gasteiger partial charge on any atom is 0.139 e. The highest BCUT2D eigenvalue weighted by Gasteiger charge is 2.23. The van der Waals surface area contributed by atoms with Crippen molar-refractivity contribution in [3.8, 4) is 0 Å². The smallest absolute Gasteiger partial charge is 0.139 e. The molecule has 4 nitrogen and oxygen atoms in total. The lowest BCUT2D eigenvalue weighted by Crippen LogP contribution is -2.40. The standard InChI is InChI=1S/C11H13N3O/c1-2-10-11(13-12-8-14(10)15)9-6-4-3-5-7-9/h3-8,10,15H,2H2,1H3/t10-/m0/s1. The van der Waals surface area contributed by atoms with E-state index < -0.39 is 0 Å². The van der Waals surface area contributed by atoms with Crippen LogP contribution in [0.3, 0.4) is 0 Å². The summed E-state index contributed by atoms with van der Waals surface area (Å²) in [6.07, 6.45) is 2.12. The Hall–Kier alpha value is -1.68. The summed E-state index contributed by atoms with van der Waals surface area (Å²) in [7, 11) is 0. The van der Waals surface area contributed by atoms with E-state index in [4.69, 9.17) is 0 Å². The summed E-state index contributed by atoms with van der Waals surface area (Å²) in [5.41, 5.74) is 1.81. The lowest BCUT2D eigenvalue weighted by atomic mass is 10.0. The third-order valence-electron chi connectivity index (χ3n) is 2.43. The number of hydroxylamine groups is 2. The van der Waals surface area contributed by atoms with Crippen LogP contribution in [0.5, 0.6) is 0 Å². The molecule has 0 aliphatic carbocycles. The average molecular weight is 203 g/mol. The maximum atomic E-state index is 9.60. The van der Waals surface area contributed by atoms with E-state index in [0.29, 0.717) is 0 Å². The van der Waals surface area contributed by atoms with Gasteiger partial charge in [0.05, 0.1) is 5.71 Å². The quantitative estimate of drug-likeness (QED) is 0.798. The molecule has 2 rings (SSSR count). The Morgan fingerprint density at radius 2 is 2.07 bits per heavy atom. The first kappa shape index (κ1) is 9.86. The van der Waals surface area contributed by atoms with Crippen molar-refractivity contribution < 1.29 is 5.21 Å². The summed E-state index contributed by atoms with van der Waals surface area (Å²) in [5.74, 6) is 0. The molecule has 0 unspecified atom stereocenters. The van der Waals surface area contributed by atoms with Crippen molar-refractivity contribution in [1.29, 1.82) is 0 Å². The van der Waals surface area contributed by atoms with Gasteiger partial charge in [-0.05, 0) is 6.42 Å². The van der Waals surface area contributed by atoms with Crippen LogP contribution in [-0.4, -0.2) is 28.4 Å². The number of benzene rings is 1. The molecular formula is C11H13N3O.